The molecule has 15 unspecified atom stereocenters. The third kappa shape index (κ3) is 7.39. The lowest BCUT2D eigenvalue weighted by Gasteiger charge is -2.45. The van der Waals surface area contributed by atoms with Crippen LogP contribution in [0.1, 0.15) is 24.2 Å². The van der Waals surface area contributed by atoms with E-state index in [1.165, 1.54) is 37.3 Å². The van der Waals surface area contributed by atoms with E-state index >= 15 is 0 Å². The summed E-state index contributed by atoms with van der Waals surface area (Å²) in [5.74, 6) is -1.68. The van der Waals surface area contributed by atoms with Gasteiger partial charge in [-0.25, -0.2) is 0 Å². The second kappa shape index (κ2) is 14.8. The molecule has 4 heterocycles. The minimum atomic E-state index is -1.91. The van der Waals surface area contributed by atoms with Crippen LogP contribution in [0.5, 0.6) is 28.7 Å². The molecule has 2 aromatic rings. The second-order valence-corrected chi connectivity index (χ2v) is 12.7. The minimum absolute atomic E-state index is 0.0808. The van der Waals surface area contributed by atoms with E-state index in [4.69, 9.17) is 28.4 Å². The highest BCUT2D eigenvalue weighted by atomic mass is 16.8. The lowest BCUT2D eigenvalue weighted by molar-refractivity contribution is -0.360. The summed E-state index contributed by atoms with van der Waals surface area (Å²) < 4.78 is 39.0. The Kier molecular flexibility index (Phi) is 10.8. The zero-order valence-electron chi connectivity index (χ0n) is 26.8. The molecule has 3 fully saturated rings. The summed E-state index contributed by atoms with van der Waals surface area (Å²) in [5.41, 5.74) is 0.317. The van der Waals surface area contributed by atoms with Crippen LogP contribution in [0, 0.1) is 0 Å². The molecule has 51 heavy (non-hydrogen) atoms. The Bertz CT molecular complexity index is 1570. The number of aliphatic hydroxyl groups is 9. The second-order valence-electron chi connectivity index (χ2n) is 12.7. The topological polar surface area (TPSA) is 311 Å². The van der Waals surface area contributed by atoms with Gasteiger partial charge in [0.2, 0.25) is 6.29 Å². The molecule has 282 valence electrons. The molecular weight excluding hydrogens is 688 g/mol. The SMILES string of the molecule is CC1OC(OCC2OC(OC3=Cc4c(O)cc(O)cc4[OH+]C3c3ccc(O)c(O)c3)C(OC3OCC(O)C(O)C3O)C(O)C2O)C(O)C(O)C1O. The van der Waals surface area contributed by atoms with E-state index in [9.17, 15) is 61.3 Å². The molecule has 0 aliphatic carbocycles. The fourth-order valence-electron chi connectivity index (χ4n) is 6.15. The first-order valence-electron chi connectivity index (χ1n) is 16.0. The van der Waals surface area contributed by atoms with Crippen LogP contribution in [0.4, 0.5) is 0 Å². The van der Waals surface area contributed by atoms with Crippen LogP contribution in [0.3, 0.4) is 0 Å². The van der Waals surface area contributed by atoms with Gasteiger partial charge in [-0.2, -0.15) is 0 Å². The van der Waals surface area contributed by atoms with Crippen molar-refractivity contribution in [3.05, 3.63) is 47.2 Å². The highest BCUT2D eigenvalue weighted by molar-refractivity contribution is 5.69. The molecule has 4 aliphatic rings. The molecular formula is C32H41O19+. The predicted octanol–water partition coefficient (Wildman–Crippen LogP) is -3.02. The highest BCUT2D eigenvalue weighted by Gasteiger charge is 2.52. The van der Waals surface area contributed by atoms with Crippen molar-refractivity contribution in [1.82, 2.24) is 0 Å². The summed E-state index contributed by atoms with van der Waals surface area (Å²) in [7, 11) is 0. The fraction of sp³-hybridized carbons (Fsp3) is 0.562. The molecule has 0 spiro atoms. The van der Waals surface area contributed by atoms with E-state index in [0.717, 1.165) is 6.07 Å². The quantitative estimate of drug-likeness (QED) is 0.0950. The Morgan fingerprint density at radius 2 is 1.45 bits per heavy atom. The number of aromatic hydroxyl groups is 5. The molecule has 0 aromatic heterocycles. The van der Waals surface area contributed by atoms with Gasteiger partial charge in [-0.05, 0) is 25.1 Å². The summed E-state index contributed by atoms with van der Waals surface area (Å²) >= 11 is 0. The van der Waals surface area contributed by atoms with Crippen LogP contribution in [-0.2, 0) is 28.4 Å². The van der Waals surface area contributed by atoms with Crippen molar-refractivity contribution < 1.29 is 94.4 Å². The van der Waals surface area contributed by atoms with Crippen LogP contribution in [0.15, 0.2) is 36.1 Å². The third-order valence-corrected chi connectivity index (χ3v) is 9.14. The zero-order chi connectivity index (χ0) is 36.9. The number of rotatable bonds is 8. The Morgan fingerprint density at radius 1 is 0.725 bits per heavy atom. The van der Waals surface area contributed by atoms with E-state index in [-0.39, 0.29) is 28.4 Å². The van der Waals surface area contributed by atoms with E-state index in [1.807, 2.05) is 0 Å². The van der Waals surface area contributed by atoms with Crippen molar-refractivity contribution in [2.24, 2.45) is 0 Å². The molecule has 19 nitrogen and oxygen atoms in total. The number of ether oxygens (including phenoxy) is 7. The number of phenols is 4. The maximum Gasteiger partial charge on any atom is 0.270 e. The van der Waals surface area contributed by atoms with Crippen molar-refractivity contribution in [2.75, 3.05) is 13.2 Å². The largest absolute Gasteiger partial charge is 0.571 e. The normalized spacial score (nSPS) is 39.8. The molecule has 13 N–H and O–H groups in total. The first-order chi connectivity index (χ1) is 24.1. The van der Waals surface area contributed by atoms with Crippen molar-refractivity contribution in [3.8, 4) is 28.7 Å². The zero-order valence-corrected chi connectivity index (χ0v) is 26.8. The number of aliphatic hydroxyl groups excluding tert-OH is 8. The smallest absolute Gasteiger partial charge is 0.270 e. The standard InChI is InChI=1S/C32H40O19/c1-10-21(38)24(41)27(44)30(47-10)46-9-20-23(40)25(42)29(51-31-26(43)22(39)17(37)8-45-31)32(50-20)49-19-7-13-15(35)5-12(33)6-18(13)48-28(19)11-2-3-14(34)16(36)4-11/h2-7,10,17,20-44H,8-9H2,1H3/p+1. The summed E-state index contributed by atoms with van der Waals surface area (Å²) in [5, 5.41) is 125. The maximum absolute atomic E-state index is 11.4. The molecule has 4 aliphatic heterocycles. The summed E-state index contributed by atoms with van der Waals surface area (Å²) in [6.45, 7) is 0.357. The number of phenolic OH excluding ortho intramolecular Hbond substituents is 4. The summed E-state index contributed by atoms with van der Waals surface area (Å²) in [6, 6.07) is 6.07. The van der Waals surface area contributed by atoms with Crippen LogP contribution in [0.2, 0.25) is 0 Å². The Morgan fingerprint density at radius 3 is 2.18 bits per heavy atom. The monoisotopic (exact) mass is 729 g/mol. The first kappa shape index (κ1) is 37.2. The van der Waals surface area contributed by atoms with Gasteiger partial charge in [0.05, 0.1) is 30.9 Å². The molecule has 19 heteroatoms. The molecule has 0 bridgehead atoms. The lowest BCUT2D eigenvalue weighted by Crippen LogP contribution is -2.63. The lowest BCUT2D eigenvalue weighted by atomic mass is 9.97. The van der Waals surface area contributed by atoms with Crippen molar-refractivity contribution in [1.29, 1.82) is 0 Å². The Hall–Kier alpha value is -3.54. The first-order valence-corrected chi connectivity index (χ1v) is 16.0. The number of hydrogen-bond acceptors (Lipinski definition) is 18. The van der Waals surface area contributed by atoms with Crippen LogP contribution in [-0.4, -0.2) is 165 Å². The Balaban J connectivity index is 1.33. The van der Waals surface area contributed by atoms with E-state index in [1.54, 1.807) is 0 Å². The van der Waals surface area contributed by atoms with Gasteiger partial charge in [0.15, 0.2) is 35.9 Å². The average Bonchev–Trinajstić information content (AvgIpc) is 3.09. The third-order valence-electron chi connectivity index (χ3n) is 9.14. The predicted molar refractivity (Wildman–Crippen MR) is 165 cm³/mol. The van der Waals surface area contributed by atoms with Gasteiger partial charge in [0.25, 0.3) is 11.9 Å². The van der Waals surface area contributed by atoms with E-state index in [0.29, 0.717) is 0 Å². The highest BCUT2D eigenvalue weighted by Crippen LogP contribution is 2.46. The van der Waals surface area contributed by atoms with Gasteiger partial charge in [-0.1, -0.05) is 0 Å². The number of fused-ring (bicyclic) bond motifs is 1. The summed E-state index contributed by atoms with van der Waals surface area (Å²) in [6.07, 6.45) is -22.4. The van der Waals surface area contributed by atoms with Gasteiger partial charge < -0.3 is 94.4 Å². The van der Waals surface area contributed by atoms with Crippen molar-refractivity contribution in [2.45, 2.75) is 99.0 Å². The molecule has 6 rings (SSSR count). The molecule has 0 radical (unpaired) electrons. The van der Waals surface area contributed by atoms with Crippen LogP contribution in [0.25, 0.3) is 6.08 Å². The molecule has 2 aromatic carbocycles. The maximum atomic E-state index is 11.4. The van der Waals surface area contributed by atoms with Gasteiger partial charge in [-0.15, -0.1) is 0 Å². The van der Waals surface area contributed by atoms with Gasteiger partial charge in [0, 0.05) is 12.1 Å². The van der Waals surface area contributed by atoms with Gasteiger partial charge in [0.1, 0.15) is 72.0 Å². The molecule has 15 atom stereocenters. The van der Waals surface area contributed by atoms with Crippen molar-refractivity contribution >= 4 is 6.08 Å². The number of hydrogen-bond donors (Lipinski definition) is 12. The Labute approximate surface area is 288 Å². The minimum Gasteiger partial charge on any atom is -0.571 e. The van der Waals surface area contributed by atoms with E-state index in [2.05, 4.69) is 4.74 Å². The van der Waals surface area contributed by atoms with E-state index < -0.39 is 123 Å². The average molecular weight is 730 g/mol. The van der Waals surface area contributed by atoms with Crippen LogP contribution >= 0.6 is 0 Å². The van der Waals surface area contributed by atoms with Gasteiger partial charge >= 0.3 is 0 Å². The molecule has 0 amide bonds. The molecule has 3 saturated heterocycles. The molecule has 0 saturated carbocycles. The van der Waals surface area contributed by atoms with Gasteiger partial charge in [-0.3, -0.25) is 0 Å². The number of benzene rings is 2. The fourth-order valence-corrected chi connectivity index (χ4v) is 6.15. The summed E-state index contributed by atoms with van der Waals surface area (Å²) in [4.78, 5) is 0. The van der Waals surface area contributed by atoms with Crippen LogP contribution < -0.4 is 0 Å². The van der Waals surface area contributed by atoms with Crippen molar-refractivity contribution in [3.63, 3.8) is 0 Å².